The first-order valence-corrected chi connectivity index (χ1v) is 6.79. The monoisotopic (exact) mass is 272 g/mol. The molecule has 2 N–H and O–H groups in total. The summed E-state index contributed by atoms with van der Waals surface area (Å²) in [6.45, 7) is 3.49. The number of rotatable bonds is 6. The van der Waals surface area contributed by atoms with Gasteiger partial charge in [-0.2, -0.15) is 0 Å². The molecule has 0 bridgehead atoms. The lowest BCUT2D eigenvalue weighted by atomic mass is 10.2. The molecule has 0 radical (unpaired) electrons. The van der Waals surface area contributed by atoms with E-state index in [9.17, 15) is 4.79 Å². The number of aryl methyl sites for hydroxylation is 1. The van der Waals surface area contributed by atoms with E-state index in [0.29, 0.717) is 12.1 Å². The van der Waals surface area contributed by atoms with Crippen LogP contribution in [-0.4, -0.2) is 28.5 Å². The summed E-state index contributed by atoms with van der Waals surface area (Å²) in [6.07, 6.45) is 4.39. The van der Waals surface area contributed by atoms with Crippen molar-refractivity contribution in [2.75, 3.05) is 18.4 Å². The lowest BCUT2D eigenvalue weighted by Crippen LogP contribution is -2.26. The molecule has 2 aromatic rings. The number of amides is 1. The van der Waals surface area contributed by atoms with Gasteiger partial charge in [-0.3, -0.25) is 4.79 Å². The average Bonchev–Trinajstić information content (AvgIpc) is 2.85. The van der Waals surface area contributed by atoms with E-state index in [1.54, 1.807) is 6.20 Å². The molecule has 0 aliphatic rings. The number of carbonyl (C=O) groups is 1. The van der Waals surface area contributed by atoms with Crippen LogP contribution in [0.4, 0.5) is 5.69 Å². The van der Waals surface area contributed by atoms with Gasteiger partial charge in [-0.05, 0) is 31.2 Å². The Labute approximate surface area is 119 Å². The Balaban J connectivity index is 1.84. The molecule has 0 unspecified atom stereocenters. The molecular formula is C15H20N4O. The number of nitrogens with one attached hydrogen (secondary N) is 2. The van der Waals surface area contributed by atoms with Gasteiger partial charge in [0.15, 0.2) is 0 Å². The van der Waals surface area contributed by atoms with Gasteiger partial charge in [0, 0.05) is 50.2 Å². The zero-order valence-electron chi connectivity index (χ0n) is 11.9. The summed E-state index contributed by atoms with van der Waals surface area (Å²) in [5.41, 5.74) is 1.70. The highest BCUT2D eigenvalue weighted by Crippen LogP contribution is 2.09. The summed E-state index contributed by atoms with van der Waals surface area (Å²) in [4.78, 5) is 16.2. The molecule has 1 aromatic heterocycles. The molecule has 0 saturated carbocycles. The standard InChI is InChI=1S/C15H20N4O/c1-3-16-13-6-4-12(5-7-13)15(20)18-9-8-14-17-10-11-19(14)2/h4-7,10-11,16H,3,8-9H2,1-2H3,(H,18,20). The van der Waals surface area contributed by atoms with E-state index in [0.717, 1.165) is 24.5 Å². The number of benzene rings is 1. The van der Waals surface area contributed by atoms with E-state index in [4.69, 9.17) is 0 Å². The Kier molecular flexibility index (Phi) is 4.76. The second-order valence-electron chi connectivity index (χ2n) is 4.57. The molecule has 2 rings (SSSR count). The van der Waals surface area contributed by atoms with Gasteiger partial charge >= 0.3 is 0 Å². The quantitative estimate of drug-likeness (QED) is 0.843. The lowest BCUT2D eigenvalue weighted by molar-refractivity contribution is 0.0954. The van der Waals surface area contributed by atoms with Crippen molar-refractivity contribution in [3.05, 3.63) is 48.0 Å². The fraction of sp³-hybridized carbons (Fsp3) is 0.333. The molecule has 1 aromatic carbocycles. The summed E-state index contributed by atoms with van der Waals surface area (Å²) in [6, 6.07) is 7.48. The first kappa shape index (κ1) is 14.1. The van der Waals surface area contributed by atoms with Crippen LogP contribution in [0.1, 0.15) is 23.1 Å². The average molecular weight is 272 g/mol. The van der Waals surface area contributed by atoms with Crippen molar-refractivity contribution in [2.24, 2.45) is 7.05 Å². The van der Waals surface area contributed by atoms with Crippen LogP contribution in [0, 0.1) is 0 Å². The van der Waals surface area contributed by atoms with Crippen molar-refractivity contribution in [2.45, 2.75) is 13.3 Å². The Hall–Kier alpha value is -2.30. The second-order valence-corrected chi connectivity index (χ2v) is 4.57. The number of imidazole rings is 1. The molecule has 0 aliphatic carbocycles. The summed E-state index contributed by atoms with van der Waals surface area (Å²) in [5, 5.41) is 6.10. The van der Waals surface area contributed by atoms with Crippen LogP contribution in [0.3, 0.4) is 0 Å². The van der Waals surface area contributed by atoms with Crippen molar-refractivity contribution in [3.63, 3.8) is 0 Å². The zero-order chi connectivity index (χ0) is 14.4. The SMILES string of the molecule is CCNc1ccc(C(=O)NCCc2nccn2C)cc1. The predicted octanol–water partition coefficient (Wildman–Crippen LogP) is 1.82. The van der Waals surface area contributed by atoms with E-state index in [1.807, 2.05) is 49.0 Å². The molecule has 20 heavy (non-hydrogen) atoms. The number of nitrogens with zero attached hydrogens (tertiary/aromatic N) is 2. The third-order valence-electron chi connectivity index (χ3n) is 3.08. The first-order chi connectivity index (χ1) is 9.70. The van der Waals surface area contributed by atoms with Crippen LogP contribution in [0.15, 0.2) is 36.7 Å². The molecular weight excluding hydrogens is 252 g/mol. The number of aromatic nitrogens is 2. The van der Waals surface area contributed by atoms with Gasteiger partial charge in [-0.1, -0.05) is 0 Å². The number of hydrogen-bond acceptors (Lipinski definition) is 3. The largest absolute Gasteiger partial charge is 0.385 e. The van der Waals surface area contributed by atoms with Crippen LogP contribution >= 0.6 is 0 Å². The van der Waals surface area contributed by atoms with E-state index < -0.39 is 0 Å². The highest BCUT2D eigenvalue weighted by Gasteiger charge is 2.05. The van der Waals surface area contributed by atoms with Crippen molar-refractivity contribution >= 4 is 11.6 Å². The Morgan fingerprint density at radius 3 is 2.65 bits per heavy atom. The van der Waals surface area contributed by atoms with Crippen LogP contribution in [0.5, 0.6) is 0 Å². The van der Waals surface area contributed by atoms with Gasteiger partial charge in [-0.25, -0.2) is 4.98 Å². The number of carbonyl (C=O) groups excluding carboxylic acids is 1. The normalized spacial score (nSPS) is 10.3. The second kappa shape index (κ2) is 6.75. The van der Waals surface area contributed by atoms with E-state index in [-0.39, 0.29) is 5.91 Å². The molecule has 1 amide bonds. The molecule has 0 saturated heterocycles. The lowest BCUT2D eigenvalue weighted by Gasteiger charge is -2.07. The highest BCUT2D eigenvalue weighted by molar-refractivity contribution is 5.94. The Morgan fingerprint density at radius 1 is 1.30 bits per heavy atom. The van der Waals surface area contributed by atoms with E-state index in [2.05, 4.69) is 15.6 Å². The minimum absolute atomic E-state index is 0.0535. The first-order valence-electron chi connectivity index (χ1n) is 6.79. The van der Waals surface area contributed by atoms with Crippen molar-refractivity contribution in [1.82, 2.24) is 14.9 Å². The number of hydrogen-bond donors (Lipinski definition) is 2. The third-order valence-corrected chi connectivity index (χ3v) is 3.08. The highest BCUT2D eigenvalue weighted by atomic mass is 16.1. The molecule has 5 heteroatoms. The zero-order valence-corrected chi connectivity index (χ0v) is 11.9. The van der Waals surface area contributed by atoms with Crippen LogP contribution in [-0.2, 0) is 13.5 Å². The molecule has 5 nitrogen and oxygen atoms in total. The van der Waals surface area contributed by atoms with E-state index >= 15 is 0 Å². The third kappa shape index (κ3) is 3.60. The van der Waals surface area contributed by atoms with Gasteiger partial charge in [0.2, 0.25) is 0 Å². The van der Waals surface area contributed by atoms with Crippen LogP contribution in [0.25, 0.3) is 0 Å². The van der Waals surface area contributed by atoms with E-state index in [1.165, 1.54) is 0 Å². The topological polar surface area (TPSA) is 59.0 Å². The van der Waals surface area contributed by atoms with Gasteiger partial charge in [0.25, 0.3) is 5.91 Å². The molecule has 0 aliphatic heterocycles. The minimum Gasteiger partial charge on any atom is -0.385 e. The minimum atomic E-state index is -0.0535. The maximum atomic E-state index is 12.0. The fourth-order valence-electron chi connectivity index (χ4n) is 1.97. The van der Waals surface area contributed by atoms with Crippen molar-refractivity contribution in [1.29, 1.82) is 0 Å². The van der Waals surface area contributed by atoms with Gasteiger partial charge in [-0.15, -0.1) is 0 Å². The maximum absolute atomic E-state index is 12.0. The Morgan fingerprint density at radius 2 is 2.05 bits per heavy atom. The van der Waals surface area contributed by atoms with Crippen molar-refractivity contribution in [3.8, 4) is 0 Å². The molecule has 0 atom stereocenters. The fourth-order valence-corrected chi connectivity index (χ4v) is 1.97. The summed E-state index contributed by atoms with van der Waals surface area (Å²) < 4.78 is 1.96. The van der Waals surface area contributed by atoms with Gasteiger partial charge in [0.1, 0.15) is 5.82 Å². The van der Waals surface area contributed by atoms with Gasteiger partial charge < -0.3 is 15.2 Å². The molecule has 0 spiro atoms. The predicted molar refractivity (Wildman–Crippen MR) is 79.9 cm³/mol. The van der Waals surface area contributed by atoms with Gasteiger partial charge in [0.05, 0.1) is 0 Å². The maximum Gasteiger partial charge on any atom is 0.251 e. The number of anilines is 1. The smallest absolute Gasteiger partial charge is 0.251 e. The summed E-state index contributed by atoms with van der Waals surface area (Å²) in [5.74, 6) is 0.912. The molecule has 0 fully saturated rings. The van der Waals surface area contributed by atoms with Crippen LogP contribution in [0.2, 0.25) is 0 Å². The van der Waals surface area contributed by atoms with Crippen molar-refractivity contribution < 1.29 is 4.79 Å². The molecule has 1 heterocycles. The summed E-state index contributed by atoms with van der Waals surface area (Å²) in [7, 11) is 1.95. The molecule has 106 valence electrons. The van der Waals surface area contributed by atoms with Crippen LogP contribution < -0.4 is 10.6 Å². The Bertz CT molecular complexity index is 560. The summed E-state index contributed by atoms with van der Waals surface area (Å²) >= 11 is 0.